The Balaban J connectivity index is 3.15. The molecule has 0 amide bonds. The first-order valence-corrected chi connectivity index (χ1v) is 13.0. The summed E-state index contributed by atoms with van der Waals surface area (Å²) in [5.41, 5.74) is 1.13. The quantitative estimate of drug-likeness (QED) is 0.204. The number of unbranched alkanes of at least 4 members (excludes halogenated alkanes) is 3. The molecule has 0 aliphatic heterocycles. The molecule has 0 saturated carbocycles. The largest absolute Gasteiger partial charge is 0.546 e. The van der Waals surface area contributed by atoms with Crippen molar-refractivity contribution in [3.05, 3.63) is 41.7 Å². The second kappa shape index (κ2) is 14.1. The molecular formula is C24H35NOSi. The minimum absolute atomic E-state index is 0.515. The average molecular weight is 382 g/mol. The molecule has 0 atom stereocenters. The fraction of sp³-hybridized carbons (Fsp3) is 0.542. The molecule has 1 rings (SSSR count). The normalized spacial score (nSPS) is 11.4. The number of hydrogen-bond donors (Lipinski definition) is 0. The highest BCUT2D eigenvalue weighted by atomic mass is 28.4. The number of nitrogens with zero attached hydrogens (tertiary/aromatic N) is 1. The van der Waals surface area contributed by atoms with Crippen molar-refractivity contribution >= 4 is 14.4 Å². The van der Waals surface area contributed by atoms with Crippen molar-refractivity contribution in [2.75, 3.05) is 0 Å². The molecule has 0 unspecified atom stereocenters. The van der Waals surface area contributed by atoms with Crippen molar-refractivity contribution in [1.82, 2.24) is 0 Å². The summed E-state index contributed by atoms with van der Waals surface area (Å²) in [5, 5.41) is 8.77. The van der Waals surface area contributed by atoms with Crippen LogP contribution in [0.2, 0.25) is 18.1 Å². The standard InChI is InChI=1S/C24H35NOSi/c1-4-7-19-27(20-8-5-2,21-9-6-3)26-24(17-13-14-18-25)22-23-15-11-10-12-16-23/h10-12,15-16,22H,4-9,17,19-21H2,1-3H3/b24-22-. The second-order valence-corrected chi connectivity index (χ2v) is 11.3. The SMILES string of the molecule is CCCC[Si](CCCC)(CCCC)O/C(=C\c1ccccc1)CC#CC#N. The minimum atomic E-state index is -1.85. The number of allylic oxidation sites excluding steroid dienone is 1. The first-order valence-electron chi connectivity index (χ1n) is 10.5. The van der Waals surface area contributed by atoms with Gasteiger partial charge in [-0.3, -0.25) is 0 Å². The lowest BCUT2D eigenvalue weighted by Crippen LogP contribution is -2.38. The van der Waals surface area contributed by atoms with Gasteiger partial charge >= 0.3 is 0 Å². The maximum atomic E-state index is 8.77. The lowest BCUT2D eigenvalue weighted by atomic mass is 10.2. The third kappa shape index (κ3) is 9.50. The maximum absolute atomic E-state index is 8.77. The summed E-state index contributed by atoms with van der Waals surface area (Å²) in [7, 11) is -1.85. The highest BCUT2D eigenvalue weighted by molar-refractivity contribution is 6.74. The zero-order valence-electron chi connectivity index (χ0n) is 17.4. The predicted molar refractivity (Wildman–Crippen MR) is 118 cm³/mol. The van der Waals surface area contributed by atoms with E-state index in [0.29, 0.717) is 6.42 Å². The monoisotopic (exact) mass is 381 g/mol. The van der Waals surface area contributed by atoms with Gasteiger partial charge in [0.25, 0.3) is 8.32 Å². The molecule has 0 aliphatic rings. The van der Waals surface area contributed by atoms with E-state index < -0.39 is 8.32 Å². The Morgan fingerprint density at radius 2 is 1.52 bits per heavy atom. The van der Waals surface area contributed by atoms with Gasteiger partial charge in [-0.2, -0.15) is 5.26 Å². The van der Waals surface area contributed by atoms with Crippen LogP contribution >= 0.6 is 0 Å². The van der Waals surface area contributed by atoms with Crippen molar-refractivity contribution in [1.29, 1.82) is 5.26 Å². The molecular weight excluding hydrogens is 346 g/mol. The summed E-state index contributed by atoms with van der Waals surface area (Å²) < 4.78 is 6.88. The molecule has 146 valence electrons. The number of benzene rings is 1. The van der Waals surface area contributed by atoms with Gasteiger partial charge in [-0.15, -0.1) is 0 Å². The van der Waals surface area contributed by atoms with Crippen molar-refractivity contribution in [3.63, 3.8) is 0 Å². The van der Waals surface area contributed by atoms with E-state index in [1.807, 2.05) is 24.3 Å². The second-order valence-electron chi connectivity index (χ2n) is 7.21. The van der Waals surface area contributed by atoms with Crippen LogP contribution in [0.15, 0.2) is 36.1 Å². The van der Waals surface area contributed by atoms with Crippen LogP contribution in [0.5, 0.6) is 0 Å². The van der Waals surface area contributed by atoms with Gasteiger partial charge in [0.2, 0.25) is 0 Å². The van der Waals surface area contributed by atoms with Crippen LogP contribution in [-0.4, -0.2) is 8.32 Å². The van der Waals surface area contributed by atoms with Crippen LogP contribution in [0, 0.1) is 23.2 Å². The summed E-state index contributed by atoms with van der Waals surface area (Å²) in [6.07, 6.45) is 9.98. The topological polar surface area (TPSA) is 33.0 Å². The van der Waals surface area contributed by atoms with E-state index in [1.54, 1.807) is 0 Å². The van der Waals surface area contributed by atoms with E-state index in [4.69, 9.17) is 9.69 Å². The Morgan fingerprint density at radius 3 is 2.00 bits per heavy atom. The smallest absolute Gasteiger partial charge is 0.250 e. The molecule has 0 spiro atoms. The first kappa shape index (κ1) is 23.1. The number of nitriles is 1. The Hall–Kier alpha value is -1.97. The van der Waals surface area contributed by atoms with Crippen LogP contribution < -0.4 is 0 Å². The van der Waals surface area contributed by atoms with Gasteiger partial charge in [0, 0.05) is 5.92 Å². The van der Waals surface area contributed by atoms with Gasteiger partial charge in [-0.25, -0.2) is 0 Å². The van der Waals surface area contributed by atoms with E-state index in [-0.39, 0.29) is 0 Å². The molecule has 1 aromatic carbocycles. The molecule has 0 aromatic heterocycles. The minimum Gasteiger partial charge on any atom is -0.546 e. The van der Waals surface area contributed by atoms with Gasteiger partial charge in [0.1, 0.15) is 0 Å². The third-order valence-electron chi connectivity index (χ3n) is 4.84. The van der Waals surface area contributed by atoms with Gasteiger partial charge in [-0.1, -0.05) is 95.5 Å². The highest BCUT2D eigenvalue weighted by Crippen LogP contribution is 2.33. The lowest BCUT2D eigenvalue weighted by Gasteiger charge is -2.33. The van der Waals surface area contributed by atoms with Crippen molar-refractivity contribution < 1.29 is 4.43 Å². The first-order chi connectivity index (χ1) is 13.2. The van der Waals surface area contributed by atoms with Crippen molar-refractivity contribution in [2.45, 2.75) is 83.8 Å². The van der Waals surface area contributed by atoms with E-state index in [2.05, 4.69) is 50.8 Å². The maximum Gasteiger partial charge on any atom is 0.250 e. The molecule has 0 radical (unpaired) electrons. The lowest BCUT2D eigenvalue weighted by molar-refractivity contribution is 0.391. The highest BCUT2D eigenvalue weighted by Gasteiger charge is 2.35. The van der Waals surface area contributed by atoms with Crippen molar-refractivity contribution in [2.24, 2.45) is 0 Å². The number of rotatable bonds is 13. The molecule has 0 saturated heterocycles. The van der Waals surface area contributed by atoms with Gasteiger partial charge < -0.3 is 4.43 Å². The Morgan fingerprint density at radius 1 is 0.963 bits per heavy atom. The molecule has 27 heavy (non-hydrogen) atoms. The fourth-order valence-corrected chi connectivity index (χ4v) is 8.06. The molecule has 1 aromatic rings. The summed E-state index contributed by atoms with van der Waals surface area (Å²) in [4.78, 5) is 0. The summed E-state index contributed by atoms with van der Waals surface area (Å²) >= 11 is 0. The number of hydrogen-bond acceptors (Lipinski definition) is 2. The molecule has 0 aliphatic carbocycles. The molecule has 2 nitrogen and oxygen atoms in total. The Labute approximate surface area is 167 Å². The fourth-order valence-electron chi connectivity index (χ4n) is 3.33. The van der Waals surface area contributed by atoms with Crippen LogP contribution in [0.3, 0.4) is 0 Å². The zero-order chi connectivity index (χ0) is 19.8. The summed E-state index contributed by atoms with van der Waals surface area (Å²) in [6.45, 7) is 6.79. The van der Waals surface area contributed by atoms with E-state index >= 15 is 0 Å². The molecule has 0 N–H and O–H groups in total. The Bertz CT molecular complexity index is 627. The molecule has 3 heteroatoms. The van der Waals surface area contributed by atoms with Crippen LogP contribution in [0.4, 0.5) is 0 Å². The summed E-state index contributed by atoms with van der Waals surface area (Å²) in [5.74, 6) is 6.44. The predicted octanol–water partition coefficient (Wildman–Crippen LogP) is 7.31. The Kier molecular flexibility index (Phi) is 12.1. The van der Waals surface area contributed by atoms with Crippen LogP contribution in [0.25, 0.3) is 6.08 Å². The van der Waals surface area contributed by atoms with Crippen LogP contribution in [0.1, 0.15) is 71.3 Å². The molecule has 0 bridgehead atoms. The van der Waals surface area contributed by atoms with Gasteiger partial charge in [-0.05, 0) is 29.8 Å². The third-order valence-corrected chi connectivity index (χ3v) is 9.33. The molecule has 0 fully saturated rings. The summed E-state index contributed by atoms with van der Waals surface area (Å²) in [6, 6.07) is 15.9. The zero-order valence-corrected chi connectivity index (χ0v) is 18.4. The van der Waals surface area contributed by atoms with Gasteiger partial charge in [0.15, 0.2) is 6.07 Å². The van der Waals surface area contributed by atoms with E-state index in [0.717, 1.165) is 11.3 Å². The van der Waals surface area contributed by atoms with Crippen LogP contribution in [-0.2, 0) is 4.43 Å². The molecule has 0 heterocycles. The average Bonchev–Trinajstić information content (AvgIpc) is 2.70. The van der Waals surface area contributed by atoms with Gasteiger partial charge in [0.05, 0.1) is 12.2 Å². The van der Waals surface area contributed by atoms with Crippen molar-refractivity contribution in [3.8, 4) is 17.9 Å². The van der Waals surface area contributed by atoms with E-state index in [9.17, 15) is 0 Å². The van der Waals surface area contributed by atoms with E-state index in [1.165, 1.54) is 56.7 Å².